The van der Waals surface area contributed by atoms with E-state index in [1.54, 1.807) is 6.92 Å². The van der Waals surface area contributed by atoms with Gasteiger partial charge >= 0.3 is 0 Å². The molecule has 0 aliphatic rings. The van der Waals surface area contributed by atoms with Gasteiger partial charge in [0.05, 0.1) is 5.69 Å². The molecule has 18 heavy (non-hydrogen) atoms. The lowest BCUT2D eigenvalue weighted by atomic mass is 10.1. The van der Waals surface area contributed by atoms with Crippen molar-refractivity contribution in [2.24, 2.45) is 0 Å². The van der Waals surface area contributed by atoms with Crippen LogP contribution < -0.4 is 5.32 Å². The van der Waals surface area contributed by atoms with Crippen molar-refractivity contribution < 1.29 is 9.53 Å². The molecule has 1 amide bonds. The van der Waals surface area contributed by atoms with Crippen molar-refractivity contribution in [2.75, 3.05) is 13.2 Å². The first-order valence-electron chi connectivity index (χ1n) is 6.46. The monoisotopic (exact) mass is 253 g/mol. The number of hydrogen-bond acceptors (Lipinski definition) is 3. The number of nitrogens with one attached hydrogen (secondary N) is 2. The third-order valence-electron chi connectivity index (χ3n) is 2.97. The highest BCUT2D eigenvalue weighted by Gasteiger charge is 2.11. The molecule has 1 aromatic heterocycles. The molecule has 5 nitrogen and oxygen atoms in total. The molecule has 2 N–H and O–H groups in total. The summed E-state index contributed by atoms with van der Waals surface area (Å²) >= 11 is 0. The minimum Gasteiger partial charge on any atom is -0.369 e. The predicted octanol–water partition coefficient (Wildman–Crippen LogP) is 1.50. The molecule has 1 atom stereocenters. The molecule has 0 aliphatic heterocycles. The summed E-state index contributed by atoms with van der Waals surface area (Å²) in [7, 11) is 0. The lowest BCUT2D eigenvalue weighted by Crippen LogP contribution is -2.35. The summed E-state index contributed by atoms with van der Waals surface area (Å²) in [5, 5.41) is 9.99. The van der Waals surface area contributed by atoms with Crippen LogP contribution in [0.4, 0.5) is 0 Å². The Balaban J connectivity index is 2.25. The highest BCUT2D eigenvalue weighted by molar-refractivity contribution is 5.80. The van der Waals surface area contributed by atoms with Crippen molar-refractivity contribution in [1.29, 1.82) is 0 Å². The first-order chi connectivity index (χ1) is 8.56. The van der Waals surface area contributed by atoms with E-state index >= 15 is 0 Å². The molecule has 0 radical (unpaired) electrons. The van der Waals surface area contributed by atoms with E-state index in [4.69, 9.17) is 4.74 Å². The van der Waals surface area contributed by atoms with Crippen LogP contribution in [0, 0.1) is 13.8 Å². The quantitative estimate of drug-likeness (QED) is 0.724. The number of carbonyl (C=O) groups is 1. The second-order valence-corrected chi connectivity index (χ2v) is 4.40. The van der Waals surface area contributed by atoms with E-state index in [-0.39, 0.29) is 12.0 Å². The average Bonchev–Trinajstić information content (AvgIpc) is 2.65. The van der Waals surface area contributed by atoms with Crippen LogP contribution >= 0.6 is 0 Å². The van der Waals surface area contributed by atoms with Gasteiger partial charge in [0.15, 0.2) is 0 Å². The summed E-state index contributed by atoms with van der Waals surface area (Å²) in [6.07, 6.45) is 1.47. The Hall–Kier alpha value is -1.36. The molecule has 0 aromatic carbocycles. The Kier molecular flexibility index (Phi) is 5.85. The van der Waals surface area contributed by atoms with Crippen molar-refractivity contribution in [3.8, 4) is 0 Å². The number of aromatic amines is 1. The normalized spacial score (nSPS) is 12.4. The van der Waals surface area contributed by atoms with Gasteiger partial charge in [-0.15, -0.1) is 0 Å². The van der Waals surface area contributed by atoms with Crippen molar-refractivity contribution in [2.45, 2.75) is 46.6 Å². The van der Waals surface area contributed by atoms with Crippen LogP contribution in [-0.2, 0) is 16.0 Å². The summed E-state index contributed by atoms with van der Waals surface area (Å²) in [5.41, 5.74) is 3.41. The molecule has 0 aliphatic carbocycles. The van der Waals surface area contributed by atoms with Gasteiger partial charge in [-0.05, 0) is 46.1 Å². The third-order valence-corrected chi connectivity index (χ3v) is 2.97. The molecule has 1 rings (SSSR count). The SMILES string of the molecule is CCOC(C)C(=O)NCCCc1c(C)n[nH]c1C. The Labute approximate surface area is 108 Å². The van der Waals surface area contributed by atoms with Crippen LogP contribution in [0.25, 0.3) is 0 Å². The fourth-order valence-electron chi connectivity index (χ4n) is 1.89. The van der Waals surface area contributed by atoms with Gasteiger partial charge in [-0.1, -0.05) is 0 Å². The highest BCUT2D eigenvalue weighted by Crippen LogP contribution is 2.11. The maximum absolute atomic E-state index is 11.6. The van der Waals surface area contributed by atoms with E-state index in [2.05, 4.69) is 15.5 Å². The summed E-state index contributed by atoms with van der Waals surface area (Å²) < 4.78 is 5.22. The maximum atomic E-state index is 11.6. The number of hydrogen-bond donors (Lipinski definition) is 2. The standard InChI is InChI=1S/C13H23N3O2/c1-5-18-11(4)13(17)14-8-6-7-12-9(2)15-16-10(12)3/h11H,5-8H2,1-4H3,(H,14,17)(H,15,16). The average molecular weight is 253 g/mol. The van der Waals surface area contributed by atoms with Crippen molar-refractivity contribution in [3.05, 3.63) is 17.0 Å². The van der Waals surface area contributed by atoms with Crippen LogP contribution in [-0.4, -0.2) is 35.4 Å². The van der Waals surface area contributed by atoms with E-state index in [1.807, 2.05) is 20.8 Å². The number of aryl methyl sites for hydroxylation is 2. The number of carbonyl (C=O) groups excluding carboxylic acids is 1. The highest BCUT2D eigenvalue weighted by atomic mass is 16.5. The summed E-state index contributed by atoms with van der Waals surface area (Å²) in [4.78, 5) is 11.6. The molecule has 102 valence electrons. The third kappa shape index (κ3) is 4.14. The zero-order valence-corrected chi connectivity index (χ0v) is 11.7. The molecule has 0 saturated heterocycles. The maximum Gasteiger partial charge on any atom is 0.248 e. The summed E-state index contributed by atoms with van der Waals surface area (Å²) in [6.45, 7) is 8.89. The van der Waals surface area contributed by atoms with Crippen molar-refractivity contribution in [1.82, 2.24) is 15.5 Å². The van der Waals surface area contributed by atoms with Gasteiger partial charge in [0.2, 0.25) is 5.91 Å². The van der Waals surface area contributed by atoms with E-state index in [1.165, 1.54) is 5.56 Å². The van der Waals surface area contributed by atoms with Gasteiger partial charge in [0.1, 0.15) is 6.10 Å². The van der Waals surface area contributed by atoms with Crippen molar-refractivity contribution >= 4 is 5.91 Å². The molecule has 0 bridgehead atoms. The van der Waals surface area contributed by atoms with Crippen LogP contribution in [0.1, 0.15) is 37.2 Å². The van der Waals surface area contributed by atoms with E-state index in [0.717, 1.165) is 24.2 Å². The Morgan fingerprint density at radius 1 is 1.50 bits per heavy atom. The van der Waals surface area contributed by atoms with E-state index in [9.17, 15) is 4.79 Å². The van der Waals surface area contributed by atoms with Crippen LogP contribution in [0.2, 0.25) is 0 Å². The molecule has 0 fully saturated rings. The van der Waals surface area contributed by atoms with Gasteiger partial charge in [0.25, 0.3) is 0 Å². The van der Waals surface area contributed by atoms with Crippen LogP contribution in [0.3, 0.4) is 0 Å². The minimum atomic E-state index is -0.368. The molecular weight excluding hydrogens is 230 g/mol. The van der Waals surface area contributed by atoms with Gasteiger partial charge < -0.3 is 10.1 Å². The number of ether oxygens (including phenoxy) is 1. The second kappa shape index (κ2) is 7.16. The number of nitrogens with zero attached hydrogens (tertiary/aromatic N) is 1. The Bertz CT molecular complexity index is 368. The van der Waals surface area contributed by atoms with E-state index < -0.39 is 0 Å². The molecule has 1 heterocycles. The lowest BCUT2D eigenvalue weighted by molar-refractivity contribution is -0.131. The van der Waals surface area contributed by atoms with Crippen molar-refractivity contribution in [3.63, 3.8) is 0 Å². The van der Waals surface area contributed by atoms with Crippen LogP contribution in [0.5, 0.6) is 0 Å². The first kappa shape index (κ1) is 14.7. The smallest absolute Gasteiger partial charge is 0.248 e. The molecular formula is C13H23N3O2. The van der Waals surface area contributed by atoms with E-state index in [0.29, 0.717) is 13.2 Å². The summed E-state index contributed by atoms with van der Waals surface area (Å²) in [6, 6.07) is 0. The number of H-pyrrole nitrogens is 1. The largest absolute Gasteiger partial charge is 0.369 e. The van der Waals surface area contributed by atoms with Crippen LogP contribution in [0.15, 0.2) is 0 Å². The Morgan fingerprint density at radius 3 is 2.78 bits per heavy atom. The lowest BCUT2D eigenvalue weighted by Gasteiger charge is -2.11. The Morgan fingerprint density at radius 2 is 2.22 bits per heavy atom. The zero-order chi connectivity index (χ0) is 13.5. The van der Waals surface area contributed by atoms with Gasteiger partial charge in [-0.3, -0.25) is 9.89 Å². The molecule has 1 aromatic rings. The number of rotatable bonds is 7. The van der Waals surface area contributed by atoms with Gasteiger partial charge in [-0.25, -0.2) is 0 Å². The zero-order valence-electron chi connectivity index (χ0n) is 11.7. The number of aromatic nitrogens is 2. The predicted molar refractivity (Wildman–Crippen MR) is 70.5 cm³/mol. The fourth-order valence-corrected chi connectivity index (χ4v) is 1.89. The summed E-state index contributed by atoms with van der Waals surface area (Å²) in [5.74, 6) is -0.0440. The first-order valence-corrected chi connectivity index (χ1v) is 6.46. The second-order valence-electron chi connectivity index (χ2n) is 4.40. The number of amides is 1. The fraction of sp³-hybridized carbons (Fsp3) is 0.692. The molecule has 0 saturated carbocycles. The topological polar surface area (TPSA) is 67.0 Å². The molecule has 5 heteroatoms. The molecule has 0 spiro atoms. The minimum absolute atomic E-state index is 0.0440. The molecule has 1 unspecified atom stereocenters. The van der Waals surface area contributed by atoms with Gasteiger partial charge in [-0.2, -0.15) is 5.10 Å². The van der Waals surface area contributed by atoms with Gasteiger partial charge in [0, 0.05) is 18.8 Å².